The van der Waals surface area contributed by atoms with Crippen molar-refractivity contribution < 1.29 is 9.59 Å². The van der Waals surface area contributed by atoms with E-state index in [1.54, 1.807) is 30.3 Å². The molecule has 1 aliphatic heterocycles. The predicted octanol–water partition coefficient (Wildman–Crippen LogP) is 2.18. The minimum Gasteiger partial charge on any atom is -0.383 e. The number of amides is 2. The van der Waals surface area contributed by atoms with Crippen molar-refractivity contribution in [3.05, 3.63) is 41.9 Å². The lowest BCUT2D eigenvalue weighted by atomic mass is 9.90. The van der Waals surface area contributed by atoms with Crippen molar-refractivity contribution in [2.45, 2.75) is 32.7 Å². The Hall–Kier alpha value is -3.49. The molecule has 9 heteroatoms. The van der Waals surface area contributed by atoms with Crippen molar-refractivity contribution in [3.8, 4) is 0 Å². The smallest absolute Gasteiger partial charge is 0.313 e. The predicted molar refractivity (Wildman–Crippen MR) is 109 cm³/mol. The first-order valence-electron chi connectivity index (χ1n) is 9.55. The van der Waals surface area contributed by atoms with Crippen LogP contribution in [0.3, 0.4) is 0 Å². The summed E-state index contributed by atoms with van der Waals surface area (Å²) >= 11 is 0. The van der Waals surface area contributed by atoms with E-state index in [2.05, 4.69) is 32.4 Å². The molecule has 3 aromatic rings. The first-order chi connectivity index (χ1) is 13.9. The molecule has 150 valence electrons. The molecule has 0 spiro atoms. The Morgan fingerprint density at radius 1 is 1.21 bits per heavy atom. The molecule has 29 heavy (non-hydrogen) atoms. The average molecular weight is 393 g/mol. The third-order valence-corrected chi connectivity index (χ3v) is 5.35. The minimum atomic E-state index is -0.688. The average Bonchev–Trinajstić information content (AvgIpc) is 3.18. The number of H-pyrrole nitrogens is 1. The van der Waals surface area contributed by atoms with Crippen LogP contribution in [0.15, 0.2) is 30.7 Å². The van der Waals surface area contributed by atoms with E-state index in [-0.39, 0.29) is 6.04 Å². The van der Waals surface area contributed by atoms with Gasteiger partial charge in [0.25, 0.3) is 0 Å². The lowest BCUT2D eigenvalue weighted by Gasteiger charge is -2.38. The number of nitrogens with zero attached hydrogens (tertiary/aromatic N) is 4. The monoisotopic (exact) mass is 393 g/mol. The minimum absolute atomic E-state index is 0.206. The summed E-state index contributed by atoms with van der Waals surface area (Å²) in [6.45, 7) is 4.39. The largest absolute Gasteiger partial charge is 0.383 e. The Bertz CT molecular complexity index is 1080. The summed E-state index contributed by atoms with van der Waals surface area (Å²) in [6, 6.07) is 3.46. The highest BCUT2D eigenvalue weighted by molar-refractivity contribution is 6.39. The fraction of sp³-hybridized carbons (Fsp3) is 0.350. The van der Waals surface area contributed by atoms with E-state index in [9.17, 15) is 9.59 Å². The number of rotatable bonds is 2. The molecule has 2 atom stereocenters. The van der Waals surface area contributed by atoms with Gasteiger partial charge in [-0.1, -0.05) is 6.92 Å². The second-order valence-electron chi connectivity index (χ2n) is 7.61. The van der Waals surface area contributed by atoms with Gasteiger partial charge in [-0.25, -0.2) is 9.97 Å². The van der Waals surface area contributed by atoms with Gasteiger partial charge in [0.05, 0.1) is 24.1 Å². The standard InChI is InChI=1S/C20H23N7O2/c1-11-3-4-16(13-6-14-8-24-26-18(14)23-7-13)27(10-11)20(29)19(28)25-15-5-12(2)17(21)22-9-15/h5-9,11,16H,3-4,10H2,1-2H3,(H2,21,22)(H,25,28)(H,23,24,26). The molecule has 0 aromatic carbocycles. The lowest BCUT2D eigenvalue weighted by molar-refractivity contribution is -0.146. The maximum absolute atomic E-state index is 13.0. The summed E-state index contributed by atoms with van der Waals surface area (Å²) in [5.41, 5.74) is 8.49. The number of aryl methyl sites for hydroxylation is 1. The second kappa shape index (κ2) is 7.50. The zero-order valence-corrected chi connectivity index (χ0v) is 16.3. The van der Waals surface area contributed by atoms with Crippen LogP contribution >= 0.6 is 0 Å². The van der Waals surface area contributed by atoms with Crippen LogP contribution in [0.5, 0.6) is 0 Å². The number of hydrogen-bond donors (Lipinski definition) is 3. The molecule has 4 heterocycles. The van der Waals surface area contributed by atoms with E-state index in [0.29, 0.717) is 29.6 Å². The highest BCUT2D eigenvalue weighted by Crippen LogP contribution is 2.34. The summed E-state index contributed by atoms with van der Waals surface area (Å²) < 4.78 is 0. The topological polar surface area (TPSA) is 130 Å². The van der Waals surface area contributed by atoms with Gasteiger partial charge in [0.2, 0.25) is 0 Å². The first kappa shape index (κ1) is 18.9. The lowest BCUT2D eigenvalue weighted by Crippen LogP contribution is -2.46. The Morgan fingerprint density at radius 3 is 2.83 bits per heavy atom. The number of nitrogens with two attached hydrogens (primary N) is 1. The van der Waals surface area contributed by atoms with Gasteiger partial charge in [-0.05, 0) is 48.9 Å². The molecular formula is C20H23N7O2. The number of anilines is 2. The number of nitrogen functional groups attached to an aromatic ring is 1. The van der Waals surface area contributed by atoms with Crippen LogP contribution in [-0.4, -0.2) is 43.4 Å². The molecule has 0 bridgehead atoms. The van der Waals surface area contributed by atoms with Gasteiger partial charge in [-0.15, -0.1) is 0 Å². The fourth-order valence-electron chi connectivity index (χ4n) is 3.73. The fourth-order valence-corrected chi connectivity index (χ4v) is 3.73. The molecule has 0 aliphatic carbocycles. The summed E-state index contributed by atoms with van der Waals surface area (Å²) in [5.74, 6) is -0.550. The Balaban J connectivity index is 1.57. The van der Waals surface area contributed by atoms with Crippen LogP contribution < -0.4 is 11.1 Å². The van der Waals surface area contributed by atoms with Crippen molar-refractivity contribution in [2.75, 3.05) is 17.6 Å². The maximum atomic E-state index is 13.0. The summed E-state index contributed by atoms with van der Waals surface area (Å²) in [4.78, 5) is 35.7. The van der Waals surface area contributed by atoms with E-state index in [4.69, 9.17) is 5.73 Å². The van der Waals surface area contributed by atoms with Gasteiger partial charge < -0.3 is 16.0 Å². The number of fused-ring (bicyclic) bond motifs is 1. The van der Waals surface area contributed by atoms with Crippen LogP contribution in [0.25, 0.3) is 11.0 Å². The summed E-state index contributed by atoms with van der Waals surface area (Å²) in [7, 11) is 0. The number of pyridine rings is 2. The highest BCUT2D eigenvalue weighted by atomic mass is 16.2. The number of carbonyl (C=O) groups is 2. The molecule has 3 aromatic heterocycles. The normalized spacial score (nSPS) is 19.3. The molecule has 1 fully saturated rings. The van der Waals surface area contributed by atoms with Crippen LogP contribution in [0.4, 0.5) is 11.5 Å². The quantitative estimate of drug-likeness (QED) is 0.572. The van der Waals surface area contributed by atoms with E-state index >= 15 is 0 Å². The zero-order chi connectivity index (χ0) is 20.5. The van der Waals surface area contributed by atoms with E-state index in [1.165, 1.54) is 6.20 Å². The molecule has 0 radical (unpaired) electrons. The molecule has 4 rings (SSSR count). The number of carbonyl (C=O) groups excluding carboxylic acids is 2. The summed E-state index contributed by atoms with van der Waals surface area (Å²) in [5, 5.41) is 10.3. The van der Waals surface area contributed by atoms with E-state index in [0.717, 1.165) is 29.4 Å². The van der Waals surface area contributed by atoms with Gasteiger partial charge in [-0.3, -0.25) is 14.7 Å². The molecule has 1 saturated heterocycles. The first-order valence-corrected chi connectivity index (χ1v) is 9.55. The number of nitrogens with one attached hydrogen (secondary N) is 2. The Morgan fingerprint density at radius 2 is 2.03 bits per heavy atom. The van der Waals surface area contributed by atoms with Crippen molar-refractivity contribution >= 4 is 34.4 Å². The van der Waals surface area contributed by atoms with Crippen molar-refractivity contribution in [2.24, 2.45) is 5.92 Å². The molecule has 2 unspecified atom stereocenters. The molecule has 4 N–H and O–H groups in total. The van der Waals surface area contributed by atoms with Crippen molar-refractivity contribution in [1.82, 2.24) is 25.1 Å². The van der Waals surface area contributed by atoms with Gasteiger partial charge in [0, 0.05) is 18.1 Å². The number of likely N-dealkylation sites (tertiary alicyclic amines) is 1. The van der Waals surface area contributed by atoms with Gasteiger partial charge in [0.1, 0.15) is 5.82 Å². The van der Waals surface area contributed by atoms with Crippen LogP contribution in [0.2, 0.25) is 0 Å². The van der Waals surface area contributed by atoms with Gasteiger partial charge in [0.15, 0.2) is 5.65 Å². The Labute approximate surface area is 167 Å². The molecular weight excluding hydrogens is 370 g/mol. The van der Waals surface area contributed by atoms with Crippen molar-refractivity contribution in [3.63, 3.8) is 0 Å². The van der Waals surface area contributed by atoms with E-state index < -0.39 is 11.8 Å². The van der Waals surface area contributed by atoms with Gasteiger partial charge in [-0.2, -0.15) is 5.10 Å². The maximum Gasteiger partial charge on any atom is 0.313 e. The van der Waals surface area contributed by atoms with Crippen molar-refractivity contribution in [1.29, 1.82) is 0 Å². The number of piperidine rings is 1. The third kappa shape index (κ3) is 3.75. The zero-order valence-electron chi connectivity index (χ0n) is 16.3. The molecule has 9 nitrogen and oxygen atoms in total. The van der Waals surface area contributed by atoms with Gasteiger partial charge >= 0.3 is 11.8 Å². The Kier molecular flexibility index (Phi) is 4.87. The van der Waals surface area contributed by atoms with E-state index in [1.807, 2.05) is 6.07 Å². The second-order valence-corrected chi connectivity index (χ2v) is 7.61. The van der Waals surface area contributed by atoms with Crippen LogP contribution in [-0.2, 0) is 9.59 Å². The van der Waals surface area contributed by atoms with Crippen LogP contribution in [0.1, 0.15) is 36.9 Å². The number of hydrogen-bond acceptors (Lipinski definition) is 6. The number of aromatic amines is 1. The third-order valence-electron chi connectivity index (χ3n) is 5.35. The summed E-state index contributed by atoms with van der Waals surface area (Å²) in [6.07, 6.45) is 6.63. The molecule has 2 amide bonds. The van der Waals surface area contributed by atoms with Crippen LogP contribution in [0, 0.1) is 12.8 Å². The highest BCUT2D eigenvalue weighted by Gasteiger charge is 2.34. The molecule has 1 aliphatic rings. The SMILES string of the molecule is Cc1cc(NC(=O)C(=O)N2CC(C)CCC2c2cnc3[nH]ncc3c2)cnc1N. The molecule has 0 saturated carbocycles. The number of aromatic nitrogens is 4.